The molecule has 0 saturated carbocycles. The van der Waals surface area contributed by atoms with Crippen molar-refractivity contribution in [2.75, 3.05) is 11.5 Å². The molecule has 0 fully saturated rings. The Morgan fingerprint density at radius 1 is 1.61 bits per heavy atom. The van der Waals surface area contributed by atoms with Crippen molar-refractivity contribution in [2.24, 2.45) is 0 Å². The third-order valence-electron chi connectivity index (χ3n) is 2.87. The summed E-state index contributed by atoms with van der Waals surface area (Å²) in [4.78, 5) is 10.3. The summed E-state index contributed by atoms with van der Waals surface area (Å²) in [6, 6.07) is 0. The monoisotopic (exact) mass is 265 g/mol. The van der Waals surface area contributed by atoms with E-state index in [-0.39, 0.29) is 10.8 Å². The van der Waals surface area contributed by atoms with Crippen LogP contribution < -0.4 is 9.64 Å². The lowest BCUT2D eigenvalue weighted by Gasteiger charge is -2.43. The van der Waals surface area contributed by atoms with Crippen LogP contribution in [0, 0.1) is 0 Å². The zero-order valence-electron chi connectivity index (χ0n) is 10.8. The van der Waals surface area contributed by atoms with Gasteiger partial charge in [0, 0.05) is 5.70 Å². The van der Waals surface area contributed by atoms with Crippen molar-refractivity contribution >= 4 is 17.4 Å². The minimum atomic E-state index is -0.222. The fourth-order valence-electron chi connectivity index (χ4n) is 2.02. The molecule has 1 aliphatic rings. The molecule has 0 unspecified atom stereocenters. The summed E-state index contributed by atoms with van der Waals surface area (Å²) in [6.07, 6.45) is 5.38. The van der Waals surface area contributed by atoms with Crippen molar-refractivity contribution in [1.29, 1.82) is 0 Å². The molecular weight excluding hydrogens is 250 g/mol. The van der Waals surface area contributed by atoms with E-state index in [0.717, 1.165) is 5.70 Å². The summed E-state index contributed by atoms with van der Waals surface area (Å²) in [7, 11) is 0. The molecule has 2 rings (SSSR count). The van der Waals surface area contributed by atoms with Gasteiger partial charge in [0.05, 0.1) is 11.7 Å². The quantitative estimate of drug-likeness (QED) is 0.608. The van der Waals surface area contributed by atoms with E-state index in [9.17, 15) is 0 Å². The highest BCUT2D eigenvalue weighted by Crippen LogP contribution is 2.39. The van der Waals surface area contributed by atoms with E-state index in [4.69, 9.17) is 16.3 Å². The smallest absolute Gasteiger partial charge is 0.224 e. The van der Waals surface area contributed by atoms with Gasteiger partial charge < -0.3 is 9.64 Å². The molecule has 0 radical (unpaired) electrons. The number of hydrogen-bond acceptors (Lipinski definition) is 4. The number of hydrogen-bond donors (Lipinski definition) is 0. The molecule has 0 spiro atoms. The van der Waals surface area contributed by atoms with Crippen molar-refractivity contribution in [3.8, 4) is 5.75 Å². The normalized spacial score (nSPS) is 18.0. The Bertz CT molecular complexity index is 511. The minimum Gasteiger partial charge on any atom is -0.486 e. The minimum absolute atomic E-state index is 0.208. The molecule has 0 saturated heterocycles. The Morgan fingerprint density at radius 3 is 2.94 bits per heavy atom. The lowest BCUT2D eigenvalue weighted by Crippen LogP contribution is -2.51. The van der Waals surface area contributed by atoms with Gasteiger partial charge in [0.2, 0.25) is 5.28 Å². The first kappa shape index (κ1) is 12.9. The summed E-state index contributed by atoms with van der Waals surface area (Å²) in [5, 5.41) is 0.208. The van der Waals surface area contributed by atoms with Crippen molar-refractivity contribution in [3.05, 3.63) is 35.9 Å². The number of anilines is 1. The fourth-order valence-corrected chi connectivity index (χ4v) is 2.15. The van der Waals surface area contributed by atoms with Crippen LogP contribution in [0.5, 0.6) is 5.75 Å². The number of rotatable bonds is 2. The molecule has 0 N–H and O–H groups in total. The van der Waals surface area contributed by atoms with Crippen LogP contribution >= 0.6 is 11.6 Å². The van der Waals surface area contributed by atoms with Gasteiger partial charge in [0.1, 0.15) is 6.61 Å². The Hall–Kier alpha value is -1.55. The SMILES string of the molecule is C=C/C(=C\C)N1c2nc(Cl)ncc2OCC1(C)C. The number of halogens is 1. The van der Waals surface area contributed by atoms with Crippen LogP contribution in [0.1, 0.15) is 20.8 Å². The number of nitrogens with zero attached hydrogens (tertiary/aromatic N) is 3. The maximum atomic E-state index is 5.88. The van der Waals surface area contributed by atoms with Crippen molar-refractivity contribution in [1.82, 2.24) is 9.97 Å². The fraction of sp³-hybridized carbons (Fsp3) is 0.385. The van der Waals surface area contributed by atoms with Gasteiger partial charge in [-0.05, 0) is 38.4 Å². The zero-order chi connectivity index (χ0) is 13.3. The van der Waals surface area contributed by atoms with Gasteiger partial charge in [-0.25, -0.2) is 4.98 Å². The molecule has 1 aliphatic heterocycles. The topological polar surface area (TPSA) is 38.2 Å². The third kappa shape index (κ3) is 2.08. The van der Waals surface area contributed by atoms with Gasteiger partial charge in [0.15, 0.2) is 11.6 Å². The molecule has 18 heavy (non-hydrogen) atoms. The highest BCUT2D eigenvalue weighted by atomic mass is 35.5. The number of ether oxygens (including phenoxy) is 1. The molecule has 96 valence electrons. The predicted molar refractivity (Wildman–Crippen MR) is 73.0 cm³/mol. The van der Waals surface area contributed by atoms with Gasteiger partial charge in [-0.2, -0.15) is 4.98 Å². The second-order valence-corrected chi connectivity index (χ2v) is 5.02. The Morgan fingerprint density at radius 2 is 2.33 bits per heavy atom. The first-order chi connectivity index (χ1) is 8.49. The average molecular weight is 266 g/mol. The summed E-state index contributed by atoms with van der Waals surface area (Å²) >= 11 is 5.88. The highest BCUT2D eigenvalue weighted by molar-refractivity contribution is 6.28. The lowest BCUT2D eigenvalue weighted by molar-refractivity contribution is 0.217. The summed E-state index contributed by atoms with van der Waals surface area (Å²) in [5.74, 6) is 1.32. The second kappa shape index (κ2) is 4.61. The molecule has 0 bridgehead atoms. The van der Waals surface area contributed by atoms with Crippen molar-refractivity contribution < 1.29 is 4.74 Å². The number of fused-ring (bicyclic) bond motifs is 1. The Balaban J connectivity index is 2.60. The molecule has 0 aliphatic carbocycles. The zero-order valence-corrected chi connectivity index (χ0v) is 11.5. The molecular formula is C13H16ClN3O. The van der Waals surface area contributed by atoms with E-state index in [1.54, 1.807) is 12.3 Å². The van der Waals surface area contributed by atoms with Crippen LogP contribution in [0.15, 0.2) is 30.6 Å². The molecule has 4 nitrogen and oxygen atoms in total. The van der Waals surface area contributed by atoms with Gasteiger partial charge in [-0.3, -0.25) is 0 Å². The Kier molecular flexibility index (Phi) is 3.30. The first-order valence-corrected chi connectivity index (χ1v) is 6.11. The van der Waals surface area contributed by atoms with Crippen molar-refractivity contribution in [3.63, 3.8) is 0 Å². The average Bonchev–Trinajstić information content (AvgIpc) is 2.33. The summed E-state index contributed by atoms with van der Waals surface area (Å²) in [6.45, 7) is 10.5. The number of allylic oxidation sites excluding steroid dienone is 2. The predicted octanol–water partition coefficient (Wildman–Crippen LogP) is 3.20. The van der Waals surface area contributed by atoms with Crippen molar-refractivity contribution in [2.45, 2.75) is 26.3 Å². The highest BCUT2D eigenvalue weighted by Gasteiger charge is 2.37. The van der Waals surface area contributed by atoms with Crippen LogP contribution in [0.2, 0.25) is 5.28 Å². The molecule has 0 atom stereocenters. The lowest BCUT2D eigenvalue weighted by atomic mass is 10.0. The second-order valence-electron chi connectivity index (χ2n) is 4.68. The molecule has 0 amide bonds. The van der Waals surface area contributed by atoms with Gasteiger partial charge >= 0.3 is 0 Å². The maximum absolute atomic E-state index is 5.88. The van der Waals surface area contributed by atoms with Crippen LogP contribution in [0.25, 0.3) is 0 Å². The van der Waals surface area contributed by atoms with Crippen LogP contribution in [0.3, 0.4) is 0 Å². The van der Waals surface area contributed by atoms with E-state index in [1.165, 1.54) is 0 Å². The largest absolute Gasteiger partial charge is 0.486 e. The molecule has 0 aromatic carbocycles. The van der Waals surface area contributed by atoms with Gasteiger partial charge in [-0.1, -0.05) is 12.7 Å². The van der Waals surface area contributed by atoms with E-state index in [2.05, 4.69) is 35.3 Å². The first-order valence-electron chi connectivity index (χ1n) is 5.74. The molecule has 1 aromatic heterocycles. The van der Waals surface area contributed by atoms with E-state index in [1.807, 2.05) is 13.0 Å². The van der Waals surface area contributed by atoms with Crippen LogP contribution in [0.4, 0.5) is 5.82 Å². The van der Waals surface area contributed by atoms with Crippen LogP contribution in [-0.2, 0) is 0 Å². The standard InChI is InChI=1S/C13H16ClN3O/c1-5-9(6-2)17-11-10(7-15-12(14)16-11)18-8-13(17,3)4/h5-7H,1,8H2,2-4H3/b9-6+. The number of aromatic nitrogens is 2. The third-order valence-corrected chi connectivity index (χ3v) is 3.05. The summed E-state index contributed by atoms with van der Waals surface area (Å²) < 4.78 is 5.68. The summed E-state index contributed by atoms with van der Waals surface area (Å²) in [5.41, 5.74) is 0.750. The van der Waals surface area contributed by atoms with Crippen LogP contribution in [-0.4, -0.2) is 22.1 Å². The Labute approximate surface area is 112 Å². The molecule has 5 heteroatoms. The van der Waals surface area contributed by atoms with E-state index >= 15 is 0 Å². The van der Waals surface area contributed by atoms with E-state index in [0.29, 0.717) is 18.2 Å². The maximum Gasteiger partial charge on any atom is 0.224 e. The molecule has 1 aromatic rings. The molecule has 2 heterocycles. The van der Waals surface area contributed by atoms with Gasteiger partial charge in [-0.15, -0.1) is 0 Å². The van der Waals surface area contributed by atoms with E-state index < -0.39 is 0 Å². The van der Waals surface area contributed by atoms with Gasteiger partial charge in [0.25, 0.3) is 0 Å².